The molecule has 5 rings (SSSR count). The summed E-state index contributed by atoms with van der Waals surface area (Å²) in [5.41, 5.74) is 2.39. The largest absolute Gasteiger partial charge is 0.330 e. The van der Waals surface area contributed by atoms with Gasteiger partial charge in [-0.25, -0.2) is 4.68 Å². The van der Waals surface area contributed by atoms with E-state index in [4.69, 9.17) is 0 Å². The van der Waals surface area contributed by atoms with E-state index in [0.29, 0.717) is 17.5 Å². The molecule has 152 valence electrons. The van der Waals surface area contributed by atoms with Crippen molar-refractivity contribution < 1.29 is 4.79 Å². The second-order valence-corrected chi connectivity index (χ2v) is 9.87. The summed E-state index contributed by atoms with van der Waals surface area (Å²) < 4.78 is 1.75. The molecule has 1 aromatic carbocycles. The van der Waals surface area contributed by atoms with E-state index >= 15 is 0 Å². The normalized spacial score (nSPS) is 15.9. The van der Waals surface area contributed by atoms with Crippen LogP contribution in [0.5, 0.6) is 0 Å². The Bertz CT molecular complexity index is 1120. The summed E-state index contributed by atoms with van der Waals surface area (Å²) in [4.78, 5) is 17.8. The van der Waals surface area contributed by atoms with Crippen molar-refractivity contribution in [2.75, 3.05) is 12.3 Å². The predicted molar refractivity (Wildman–Crippen MR) is 120 cm³/mol. The minimum Gasteiger partial charge on any atom is -0.330 e. The molecule has 0 bridgehead atoms. The lowest BCUT2D eigenvalue weighted by atomic mass is 9.98. The minimum absolute atomic E-state index is 0.00779. The summed E-state index contributed by atoms with van der Waals surface area (Å²) in [5.74, 6) is 0.431. The molecule has 1 amide bonds. The summed E-state index contributed by atoms with van der Waals surface area (Å²) >= 11 is 4.89. The number of benzene rings is 1. The number of hydrogen-bond donors (Lipinski definition) is 0. The predicted octanol–water partition coefficient (Wildman–Crippen LogP) is 4.11. The van der Waals surface area contributed by atoms with Gasteiger partial charge in [0.25, 0.3) is 0 Å². The fraction of sp³-hybridized carbons (Fsp3) is 0.238. The van der Waals surface area contributed by atoms with Crippen molar-refractivity contribution in [1.29, 1.82) is 0 Å². The summed E-state index contributed by atoms with van der Waals surface area (Å²) in [5, 5.41) is 16.9. The van der Waals surface area contributed by atoms with Gasteiger partial charge in [-0.2, -0.15) is 0 Å². The highest BCUT2D eigenvalue weighted by Crippen LogP contribution is 2.39. The first-order chi connectivity index (χ1) is 14.8. The van der Waals surface area contributed by atoms with E-state index in [1.807, 2.05) is 35.2 Å². The van der Waals surface area contributed by atoms with Crippen LogP contribution in [0.3, 0.4) is 0 Å². The Morgan fingerprint density at radius 2 is 2.00 bits per heavy atom. The van der Waals surface area contributed by atoms with Crippen LogP contribution in [0.4, 0.5) is 0 Å². The van der Waals surface area contributed by atoms with Gasteiger partial charge in [0.1, 0.15) is 0 Å². The lowest BCUT2D eigenvalue weighted by molar-refractivity contribution is -0.130. The average Bonchev–Trinajstić information content (AvgIpc) is 3.53. The van der Waals surface area contributed by atoms with Gasteiger partial charge in [-0.3, -0.25) is 4.79 Å². The number of hydrogen-bond acceptors (Lipinski definition) is 7. The minimum atomic E-state index is 0.00779. The quantitative estimate of drug-likeness (QED) is 0.411. The lowest BCUT2D eigenvalue weighted by Crippen LogP contribution is -2.40. The highest BCUT2D eigenvalue weighted by Gasteiger charge is 2.33. The van der Waals surface area contributed by atoms with Crippen LogP contribution < -0.4 is 0 Å². The van der Waals surface area contributed by atoms with Gasteiger partial charge in [0.05, 0.1) is 18.3 Å². The lowest BCUT2D eigenvalue weighted by Gasteiger charge is -2.35. The molecule has 4 aromatic rings. The molecule has 9 heteroatoms. The van der Waals surface area contributed by atoms with Crippen molar-refractivity contribution in [1.82, 2.24) is 25.1 Å². The van der Waals surface area contributed by atoms with Gasteiger partial charge in [0.15, 0.2) is 0 Å². The zero-order chi connectivity index (χ0) is 20.3. The summed E-state index contributed by atoms with van der Waals surface area (Å²) in [6.45, 7) is 1.33. The summed E-state index contributed by atoms with van der Waals surface area (Å²) in [6.07, 6.45) is 0.914. The Morgan fingerprint density at radius 1 is 1.10 bits per heavy atom. The molecule has 1 unspecified atom stereocenters. The number of fused-ring (bicyclic) bond motifs is 1. The first-order valence-corrected chi connectivity index (χ1v) is 12.4. The molecular weight excluding hydrogens is 434 g/mol. The van der Waals surface area contributed by atoms with E-state index in [9.17, 15) is 4.79 Å². The molecule has 30 heavy (non-hydrogen) atoms. The topological polar surface area (TPSA) is 63.9 Å². The monoisotopic (exact) mass is 453 g/mol. The van der Waals surface area contributed by atoms with Crippen molar-refractivity contribution in [3.63, 3.8) is 0 Å². The number of carbonyl (C=O) groups excluding carboxylic acids is 1. The molecule has 3 aromatic heterocycles. The second kappa shape index (κ2) is 8.71. The van der Waals surface area contributed by atoms with E-state index in [0.717, 1.165) is 18.5 Å². The van der Waals surface area contributed by atoms with Gasteiger partial charge in [-0.05, 0) is 50.9 Å². The molecule has 0 saturated carbocycles. The smallest absolute Gasteiger partial charge is 0.233 e. The van der Waals surface area contributed by atoms with Crippen LogP contribution in [0.2, 0.25) is 0 Å². The molecule has 1 aliphatic rings. The number of rotatable bonds is 6. The van der Waals surface area contributed by atoms with Crippen LogP contribution >= 0.6 is 34.4 Å². The number of carbonyl (C=O) groups is 1. The Kier molecular flexibility index (Phi) is 5.65. The van der Waals surface area contributed by atoms with E-state index in [1.165, 1.54) is 27.1 Å². The Hall–Kier alpha value is -2.49. The molecule has 0 fully saturated rings. The maximum atomic E-state index is 13.2. The highest BCUT2D eigenvalue weighted by atomic mass is 32.2. The standard InChI is InChI=1S/C21H19N5OS3/c27-19(14-30-21-22-23-24-26(21)13-15-5-2-1-3-6-15)25-10-8-17-16(9-12-29-17)20(25)18-7-4-11-28-18/h1-7,9,11-12,20H,8,10,13-14H2. The third kappa shape index (κ3) is 3.92. The van der Waals surface area contributed by atoms with E-state index in [1.54, 1.807) is 27.4 Å². The van der Waals surface area contributed by atoms with Crippen LogP contribution in [0.25, 0.3) is 0 Å². The van der Waals surface area contributed by atoms with Gasteiger partial charge in [-0.15, -0.1) is 27.8 Å². The number of tetrazole rings is 1. The fourth-order valence-corrected chi connectivity index (χ4v) is 6.22. The van der Waals surface area contributed by atoms with E-state index < -0.39 is 0 Å². The Labute approximate surface area is 186 Å². The van der Waals surface area contributed by atoms with Crippen LogP contribution in [-0.4, -0.2) is 43.3 Å². The number of thiophene rings is 2. The van der Waals surface area contributed by atoms with Gasteiger partial charge in [-0.1, -0.05) is 48.2 Å². The Morgan fingerprint density at radius 3 is 2.83 bits per heavy atom. The van der Waals surface area contributed by atoms with E-state index in [-0.39, 0.29) is 11.9 Å². The van der Waals surface area contributed by atoms with Gasteiger partial charge < -0.3 is 4.90 Å². The number of nitrogens with zero attached hydrogens (tertiary/aromatic N) is 5. The third-order valence-corrected chi connectivity index (χ3v) is 7.96. The van der Waals surface area contributed by atoms with Gasteiger partial charge in [0, 0.05) is 16.3 Å². The maximum absolute atomic E-state index is 13.2. The SMILES string of the molecule is O=C(CSc1nnnn1Cc1ccccc1)N1CCc2sccc2C1c1cccs1. The average molecular weight is 454 g/mol. The first kappa shape index (κ1) is 19.5. The molecule has 1 aliphatic heterocycles. The molecule has 0 spiro atoms. The second-order valence-electron chi connectivity index (χ2n) is 6.95. The van der Waals surface area contributed by atoms with Crippen LogP contribution in [0, 0.1) is 0 Å². The van der Waals surface area contributed by atoms with Crippen molar-refractivity contribution in [2.45, 2.75) is 24.2 Å². The van der Waals surface area contributed by atoms with Crippen molar-refractivity contribution in [2.24, 2.45) is 0 Å². The third-order valence-electron chi connectivity index (χ3n) is 5.10. The number of amides is 1. The van der Waals surface area contributed by atoms with Crippen LogP contribution in [0.1, 0.15) is 26.9 Å². The molecule has 6 nitrogen and oxygen atoms in total. The van der Waals surface area contributed by atoms with E-state index in [2.05, 4.69) is 44.5 Å². The molecule has 0 aliphatic carbocycles. The van der Waals surface area contributed by atoms with Crippen LogP contribution in [0.15, 0.2) is 64.4 Å². The molecule has 0 saturated heterocycles. The Balaban J connectivity index is 1.31. The molecule has 0 N–H and O–H groups in total. The van der Waals surface area contributed by atoms with Gasteiger partial charge in [0.2, 0.25) is 11.1 Å². The summed E-state index contributed by atoms with van der Waals surface area (Å²) in [6, 6.07) is 16.4. The van der Waals surface area contributed by atoms with Gasteiger partial charge >= 0.3 is 0 Å². The van der Waals surface area contributed by atoms with Crippen molar-refractivity contribution >= 4 is 40.3 Å². The molecule has 1 atom stereocenters. The van der Waals surface area contributed by atoms with Crippen molar-refractivity contribution in [3.05, 3.63) is 80.2 Å². The zero-order valence-corrected chi connectivity index (χ0v) is 18.5. The molecule has 0 radical (unpaired) electrons. The molecule has 4 heterocycles. The number of aromatic nitrogens is 4. The number of thioether (sulfide) groups is 1. The fourth-order valence-electron chi connectivity index (χ4n) is 3.70. The summed E-state index contributed by atoms with van der Waals surface area (Å²) in [7, 11) is 0. The first-order valence-electron chi connectivity index (χ1n) is 9.61. The van der Waals surface area contributed by atoms with Crippen LogP contribution in [-0.2, 0) is 17.8 Å². The zero-order valence-electron chi connectivity index (χ0n) is 16.0. The highest BCUT2D eigenvalue weighted by molar-refractivity contribution is 7.99. The van der Waals surface area contributed by atoms with Crippen molar-refractivity contribution in [3.8, 4) is 0 Å². The molecular formula is C21H19N5OS3. The maximum Gasteiger partial charge on any atom is 0.233 e.